The Morgan fingerprint density at radius 1 is 0.833 bits per heavy atom. The highest BCUT2D eigenvalue weighted by atomic mass is 32.1. The Hall–Kier alpha value is 0.350. The van der Waals surface area contributed by atoms with E-state index in [2.05, 4.69) is 6.92 Å². The summed E-state index contributed by atoms with van der Waals surface area (Å²) in [6.45, 7) is 2.44. The zero-order chi connectivity index (χ0) is 8.55. The van der Waals surface area contributed by atoms with Gasteiger partial charge in [-0.15, -0.1) is 0 Å². The molecule has 70 valence electrons. The molecule has 0 aromatic rings. The summed E-state index contributed by atoms with van der Waals surface area (Å²) in [5, 5.41) is 0.716. The van der Waals surface area contributed by atoms with Gasteiger partial charge in [0.1, 0.15) is 0 Å². The predicted octanol–water partition coefficient (Wildman–Crippen LogP) is 3.52. The molecule has 2 bridgehead atoms. The van der Waals surface area contributed by atoms with Crippen LogP contribution in [0.4, 0.5) is 0 Å². The van der Waals surface area contributed by atoms with Gasteiger partial charge in [-0.1, -0.05) is 6.92 Å². The number of rotatable bonds is 0. The van der Waals surface area contributed by atoms with E-state index in [1.807, 2.05) is 0 Å². The first-order chi connectivity index (χ1) is 5.77. The van der Waals surface area contributed by atoms with E-state index >= 15 is 0 Å². The summed E-state index contributed by atoms with van der Waals surface area (Å²) >= 11 is 4.72. The highest BCUT2D eigenvalue weighted by molar-refractivity contribution is 7.81. The Morgan fingerprint density at radius 3 is 2.08 bits per heavy atom. The van der Waals surface area contributed by atoms with E-state index in [0.29, 0.717) is 5.25 Å². The van der Waals surface area contributed by atoms with Crippen LogP contribution in [0, 0.1) is 17.8 Å². The van der Waals surface area contributed by atoms with Crippen LogP contribution in [0.15, 0.2) is 0 Å². The SMILES string of the molecule is CC1CCC(S)C2CCC1CC2. The van der Waals surface area contributed by atoms with E-state index in [0.717, 1.165) is 17.8 Å². The molecule has 3 fully saturated rings. The molecule has 3 aliphatic rings. The lowest BCUT2D eigenvalue weighted by Gasteiger charge is -2.38. The molecule has 2 unspecified atom stereocenters. The highest BCUT2D eigenvalue weighted by Crippen LogP contribution is 2.42. The van der Waals surface area contributed by atoms with Crippen molar-refractivity contribution in [2.45, 2.75) is 50.7 Å². The minimum absolute atomic E-state index is 0.716. The minimum Gasteiger partial charge on any atom is -0.176 e. The van der Waals surface area contributed by atoms with Crippen LogP contribution < -0.4 is 0 Å². The summed E-state index contributed by atoms with van der Waals surface area (Å²) in [7, 11) is 0. The van der Waals surface area contributed by atoms with Crippen molar-refractivity contribution in [1.29, 1.82) is 0 Å². The van der Waals surface area contributed by atoms with Gasteiger partial charge in [-0.25, -0.2) is 0 Å². The first-order valence-corrected chi connectivity index (χ1v) is 5.97. The van der Waals surface area contributed by atoms with Crippen LogP contribution in [0.1, 0.15) is 45.4 Å². The Bertz CT molecular complexity index is 129. The number of hydrogen-bond donors (Lipinski definition) is 1. The summed E-state index contributed by atoms with van der Waals surface area (Å²) in [6.07, 6.45) is 8.69. The quantitative estimate of drug-likeness (QED) is 0.547. The van der Waals surface area contributed by atoms with Crippen LogP contribution in [0.25, 0.3) is 0 Å². The monoisotopic (exact) mass is 184 g/mol. The second kappa shape index (κ2) is 3.61. The van der Waals surface area contributed by atoms with Gasteiger partial charge in [-0.05, 0) is 56.3 Å². The molecule has 0 aliphatic heterocycles. The minimum atomic E-state index is 0.716. The lowest BCUT2D eigenvalue weighted by Crippen LogP contribution is -2.29. The fourth-order valence-corrected chi connectivity index (χ4v) is 3.45. The molecule has 3 aliphatic carbocycles. The van der Waals surface area contributed by atoms with Crippen LogP contribution in [0.2, 0.25) is 0 Å². The summed E-state index contributed by atoms with van der Waals surface area (Å²) < 4.78 is 0. The first kappa shape index (κ1) is 8.93. The molecule has 3 saturated carbocycles. The van der Waals surface area contributed by atoms with Crippen molar-refractivity contribution in [2.75, 3.05) is 0 Å². The summed E-state index contributed by atoms with van der Waals surface area (Å²) in [5.74, 6) is 2.99. The lowest BCUT2D eigenvalue weighted by atomic mass is 9.70. The topological polar surface area (TPSA) is 0 Å². The molecule has 0 N–H and O–H groups in total. The third kappa shape index (κ3) is 1.66. The number of fused-ring (bicyclic) bond motifs is 5. The molecule has 0 heterocycles. The highest BCUT2D eigenvalue weighted by Gasteiger charge is 2.31. The molecular weight excluding hydrogens is 164 g/mol. The van der Waals surface area contributed by atoms with Crippen molar-refractivity contribution in [3.63, 3.8) is 0 Å². The average molecular weight is 184 g/mol. The number of thiol groups is 1. The van der Waals surface area contributed by atoms with E-state index in [1.165, 1.54) is 38.5 Å². The van der Waals surface area contributed by atoms with Crippen LogP contribution in [0.5, 0.6) is 0 Å². The predicted molar refractivity (Wildman–Crippen MR) is 56.6 cm³/mol. The maximum Gasteiger partial charge on any atom is 0.00451 e. The molecule has 0 spiro atoms. The van der Waals surface area contributed by atoms with Crippen molar-refractivity contribution in [3.8, 4) is 0 Å². The Kier molecular flexibility index (Phi) is 2.69. The largest absolute Gasteiger partial charge is 0.176 e. The fourth-order valence-electron chi connectivity index (χ4n) is 3.00. The van der Waals surface area contributed by atoms with Crippen LogP contribution >= 0.6 is 12.6 Å². The molecule has 0 aromatic carbocycles. The fraction of sp³-hybridized carbons (Fsp3) is 1.00. The van der Waals surface area contributed by atoms with Gasteiger partial charge < -0.3 is 0 Å². The average Bonchev–Trinajstić information content (AvgIpc) is 2.12. The third-order valence-electron chi connectivity index (χ3n) is 4.08. The van der Waals surface area contributed by atoms with Crippen molar-refractivity contribution in [2.24, 2.45) is 17.8 Å². The first-order valence-electron chi connectivity index (χ1n) is 5.45. The zero-order valence-corrected chi connectivity index (χ0v) is 8.89. The van der Waals surface area contributed by atoms with Crippen LogP contribution in [-0.2, 0) is 0 Å². The molecule has 0 amide bonds. The molecule has 0 saturated heterocycles. The maximum atomic E-state index is 4.72. The second-order valence-corrected chi connectivity index (χ2v) is 5.46. The van der Waals surface area contributed by atoms with Crippen molar-refractivity contribution < 1.29 is 0 Å². The van der Waals surface area contributed by atoms with Gasteiger partial charge in [0.05, 0.1) is 0 Å². The van der Waals surface area contributed by atoms with Crippen molar-refractivity contribution >= 4 is 12.6 Å². The van der Waals surface area contributed by atoms with Crippen molar-refractivity contribution in [3.05, 3.63) is 0 Å². The summed E-state index contributed by atoms with van der Waals surface area (Å²) in [4.78, 5) is 0. The maximum absolute atomic E-state index is 4.72. The van der Waals surface area contributed by atoms with Crippen LogP contribution in [-0.4, -0.2) is 5.25 Å². The van der Waals surface area contributed by atoms with E-state index in [-0.39, 0.29) is 0 Å². The molecule has 0 aromatic heterocycles. The normalized spacial score (nSPS) is 48.5. The summed E-state index contributed by atoms with van der Waals surface area (Å²) in [6, 6.07) is 0. The zero-order valence-electron chi connectivity index (χ0n) is 8.00. The Balaban J connectivity index is 2.04. The second-order valence-electron chi connectivity index (χ2n) is 4.80. The molecule has 3 rings (SSSR count). The molecule has 1 heteroatoms. The molecule has 12 heavy (non-hydrogen) atoms. The van der Waals surface area contributed by atoms with Crippen molar-refractivity contribution in [1.82, 2.24) is 0 Å². The molecule has 0 radical (unpaired) electrons. The lowest BCUT2D eigenvalue weighted by molar-refractivity contribution is 0.171. The Labute approximate surface area is 81.5 Å². The van der Waals surface area contributed by atoms with Gasteiger partial charge in [0.15, 0.2) is 0 Å². The molecule has 2 atom stereocenters. The van der Waals surface area contributed by atoms with Gasteiger partial charge in [0.2, 0.25) is 0 Å². The smallest absolute Gasteiger partial charge is 0.00451 e. The van der Waals surface area contributed by atoms with Gasteiger partial charge in [-0.2, -0.15) is 12.6 Å². The number of hydrogen-bond acceptors (Lipinski definition) is 1. The van der Waals surface area contributed by atoms with Gasteiger partial charge in [0, 0.05) is 5.25 Å². The van der Waals surface area contributed by atoms with Crippen LogP contribution in [0.3, 0.4) is 0 Å². The van der Waals surface area contributed by atoms with E-state index in [9.17, 15) is 0 Å². The standard InChI is InChI=1S/C11H20S/c1-8-2-7-11(12)10-5-3-9(8)4-6-10/h8-12H,2-7H2,1H3. The molecular formula is C11H20S. The molecule has 0 nitrogen and oxygen atoms in total. The summed E-state index contributed by atoms with van der Waals surface area (Å²) in [5.41, 5.74) is 0. The Morgan fingerprint density at radius 2 is 1.42 bits per heavy atom. The van der Waals surface area contributed by atoms with E-state index in [4.69, 9.17) is 12.6 Å². The third-order valence-corrected chi connectivity index (χ3v) is 4.76. The van der Waals surface area contributed by atoms with Gasteiger partial charge in [0.25, 0.3) is 0 Å². The van der Waals surface area contributed by atoms with E-state index < -0.39 is 0 Å². The van der Waals surface area contributed by atoms with E-state index in [1.54, 1.807) is 0 Å². The van der Waals surface area contributed by atoms with Gasteiger partial charge >= 0.3 is 0 Å². The van der Waals surface area contributed by atoms with Gasteiger partial charge in [-0.3, -0.25) is 0 Å².